The van der Waals surface area contributed by atoms with Crippen LogP contribution in [-0.4, -0.2) is 28.5 Å². The summed E-state index contributed by atoms with van der Waals surface area (Å²) in [5, 5.41) is 8.81. The second-order valence-corrected chi connectivity index (χ2v) is 5.59. The lowest BCUT2D eigenvalue weighted by atomic mass is 9.91. The molecule has 0 saturated carbocycles. The van der Waals surface area contributed by atoms with Crippen LogP contribution in [0.1, 0.15) is 44.5 Å². The van der Waals surface area contributed by atoms with Crippen molar-refractivity contribution in [2.24, 2.45) is 5.41 Å². The number of hydrogen-bond acceptors (Lipinski definition) is 3. The van der Waals surface area contributed by atoms with Gasteiger partial charge in [-0.25, -0.2) is 9.78 Å². The van der Waals surface area contributed by atoms with Gasteiger partial charge in [-0.2, -0.15) is 0 Å². The van der Waals surface area contributed by atoms with Crippen molar-refractivity contribution >= 4 is 17.7 Å². The first-order valence-corrected chi connectivity index (χ1v) is 6.24. The Bertz CT molecular complexity index is 461. The number of aromatic nitrogens is 1. The van der Waals surface area contributed by atoms with Crippen LogP contribution >= 0.6 is 0 Å². The minimum Gasteiger partial charge on any atom is -0.478 e. The molecule has 1 rings (SSSR count). The summed E-state index contributed by atoms with van der Waals surface area (Å²) in [4.78, 5) is 28.5. The zero-order chi connectivity index (χ0) is 14.6. The Morgan fingerprint density at radius 2 is 1.95 bits per heavy atom. The number of carbonyl (C=O) groups is 2. The van der Waals surface area contributed by atoms with Crippen molar-refractivity contribution in [1.29, 1.82) is 0 Å². The molecule has 1 N–H and O–H groups in total. The van der Waals surface area contributed by atoms with Crippen molar-refractivity contribution < 1.29 is 14.7 Å². The van der Waals surface area contributed by atoms with E-state index < -0.39 is 5.97 Å². The van der Waals surface area contributed by atoms with E-state index in [1.54, 1.807) is 11.0 Å². The van der Waals surface area contributed by atoms with Gasteiger partial charge in [0.05, 0.1) is 5.56 Å². The topological polar surface area (TPSA) is 70.5 Å². The molecule has 1 aromatic heterocycles. The smallest absolute Gasteiger partial charge is 0.337 e. The number of pyridine rings is 1. The number of nitrogens with zero attached hydrogens (tertiary/aromatic N) is 2. The van der Waals surface area contributed by atoms with E-state index in [-0.39, 0.29) is 16.9 Å². The molecule has 0 fully saturated rings. The fourth-order valence-electron chi connectivity index (χ4n) is 1.69. The molecule has 0 bridgehead atoms. The van der Waals surface area contributed by atoms with E-state index in [1.165, 1.54) is 12.3 Å². The summed E-state index contributed by atoms with van der Waals surface area (Å²) in [6.07, 6.45) is 1.69. The Labute approximate surface area is 113 Å². The van der Waals surface area contributed by atoms with Gasteiger partial charge in [0.15, 0.2) is 0 Å². The highest BCUT2D eigenvalue weighted by Crippen LogP contribution is 2.22. The molecule has 0 aliphatic heterocycles. The first kappa shape index (κ1) is 15.1. The van der Waals surface area contributed by atoms with E-state index in [1.807, 2.05) is 27.7 Å². The fourth-order valence-corrected chi connectivity index (χ4v) is 1.69. The van der Waals surface area contributed by atoms with Crippen LogP contribution in [0.25, 0.3) is 0 Å². The molecule has 0 unspecified atom stereocenters. The van der Waals surface area contributed by atoms with E-state index in [2.05, 4.69) is 4.98 Å². The molecular formula is C14H20N2O3. The fraction of sp³-hybridized carbons (Fsp3) is 0.500. The van der Waals surface area contributed by atoms with Crippen LogP contribution in [0.4, 0.5) is 5.82 Å². The number of anilines is 1. The summed E-state index contributed by atoms with van der Waals surface area (Å²) < 4.78 is 0. The molecule has 5 nitrogen and oxygen atoms in total. The van der Waals surface area contributed by atoms with Gasteiger partial charge >= 0.3 is 5.97 Å². The van der Waals surface area contributed by atoms with Gasteiger partial charge in [-0.3, -0.25) is 9.69 Å². The summed E-state index contributed by atoms with van der Waals surface area (Å²) in [5.41, 5.74) is 0.0222. The number of hydrogen-bond donors (Lipinski definition) is 1. The van der Waals surface area contributed by atoms with Crippen LogP contribution in [0, 0.1) is 5.41 Å². The molecule has 0 aliphatic rings. The maximum absolute atomic E-state index is 12.2. The molecule has 1 amide bonds. The quantitative estimate of drug-likeness (QED) is 0.907. The predicted octanol–water partition coefficient (Wildman–Crippen LogP) is 2.57. The number of amides is 1. The highest BCUT2D eigenvalue weighted by Gasteiger charge is 2.22. The molecule has 1 aromatic rings. The van der Waals surface area contributed by atoms with Crippen LogP contribution in [0.3, 0.4) is 0 Å². The first-order chi connectivity index (χ1) is 8.74. The van der Waals surface area contributed by atoms with Gasteiger partial charge in [0.25, 0.3) is 0 Å². The van der Waals surface area contributed by atoms with Gasteiger partial charge in [0.2, 0.25) is 5.91 Å². The van der Waals surface area contributed by atoms with Crippen molar-refractivity contribution in [3.63, 3.8) is 0 Å². The molecule has 0 aromatic carbocycles. The molecule has 5 heteroatoms. The van der Waals surface area contributed by atoms with Crippen molar-refractivity contribution in [3.05, 3.63) is 23.9 Å². The Kier molecular flexibility index (Phi) is 4.64. The molecular weight excluding hydrogens is 244 g/mol. The van der Waals surface area contributed by atoms with Gasteiger partial charge in [0.1, 0.15) is 5.82 Å². The summed E-state index contributed by atoms with van der Waals surface area (Å²) in [6, 6.07) is 3.02. The van der Waals surface area contributed by atoms with Gasteiger partial charge in [-0.1, -0.05) is 20.8 Å². The molecule has 1 heterocycles. The minimum atomic E-state index is -1.02. The molecule has 0 radical (unpaired) electrons. The van der Waals surface area contributed by atoms with Crippen LogP contribution in [-0.2, 0) is 4.79 Å². The maximum Gasteiger partial charge on any atom is 0.337 e. The first-order valence-electron chi connectivity index (χ1n) is 6.24. The van der Waals surface area contributed by atoms with Crippen LogP contribution < -0.4 is 4.90 Å². The lowest BCUT2D eigenvalue weighted by Gasteiger charge is -2.24. The van der Waals surface area contributed by atoms with Crippen LogP contribution in [0.5, 0.6) is 0 Å². The third-order valence-electron chi connectivity index (χ3n) is 2.57. The largest absolute Gasteiger partial charge is 0.478 e. The molecule has 104 valence electrons. The summed E-state index contributed by atoms with van der Waals surface area (Å²) in [7, 11) is 0. The van der Waals surface area contributed by atoms with Crippen LogP contribution in [0.2, 0.25) is 0 Å². The monoisotopic (exact) mass is 264 g/mol. The minimum absolute atomic E-state index is 0.00873. The Morgan fingerprint density at radius 3 is 2.32 bits per heavy atom. The van der Waals surface area contributed by atoms with Crippen molar-refractivity contribution in [1.82, 2.24) is 4.98 Å². The number of aromatic carboxylic acids is 1. The van der Waals surface area contributed by atoms with E-state index >= 15 is 0 Å². The Hall–Kier alpha value is -1.91. The highest BCUT2D eigenvalue weighted by molar-refractivity contribution is 5.93. The number of carboxylic acids is 1. The average Bonchev–Trinajstić information content (AvgIpc) is 2.28. The summed E-state index contributed by atoms with van der Waals surface area (Å²) >= 11 is 0. The third-order valence-corrected chi connectivity index (χ3v) is 2.57. The zero-order valence-electron chi connectivity index (χ0n) is 11.8. The van der Waals surface area contributed by atoms with Gasteiger partial charge < -0.3 is 5.11 Å². The summed E-state index contributed by atoms with van der Waals surface area (Å²) in [5.74, 6) is -0.546. The predicted molar refractivity (Wildman–Crippen MR) is 73.3 cm³/mol. The van der Waals surface area contributed by atoms with Crippen molar-refractivity contribution in [2.45, 2.75) is 34.1 Å². The normalized spacial score (nSPS) is 11.2. The standard InChI is InChI=1S/C14H20N2O3/c1-5-16(12(17)8-14(2,3)4)11-7-6-10(9-15-11)13(18)19/h6-7,9H,5,8H2,1-4H3,(H,18,19). The van der Waals surface area contributed by atoms with Crippen LogP contribution in [0.15, 0.2) is 18.3 Å². The molecule has 0 atom stereocenters. The van der Waals surface area contributed by atoms with Gasteiger partial charge in [-0.15, -0.1) is 0 Å². The van der Waals surface area contributed by atoms with E-state index in [9.17, 15) is 9.59 Å². The Balaban J connectivity index is 2.91. The second kappa shape index (κ2) is 5.82. The molecule has 0 saturated heterocycles. The molecule has 0 aliphatic carbocycles. The van der Waals surface area contributed by atoms with Crippen molar-refractivity contribution in [2.75, 3.05) is 11.4 Å². The van der Waals surface area contributed by atoms with Gasteiger partial charge in [0, 0.05) is 19.2 Å². The lowest BCUT2D eigenvalue weighted by Crippen LogP contribution is -2.34. The lowest BCUT2D eigenvalue weighted by molar-refractivity contribution is -0.120. The number of rotatable bonds is 4. The SMILES string of the molecule is CCN(C(=O)CC(C)(C)C)c1ccc(C(=O)O)cn1. The second-order valence-electron chi connectivity index (χ2n) is 5.59. The maximum atomic E-state index is 12.2. The molecule has 19 heavy (non-hydrogen) atoms. The average molecular weight is 264 g/mol. The third kappa shape index (κ3) is 4.35. The number of carbonyl (C=O) groups excluding carboxylic acids is 1. The highest BCUT2D eigenvalue weighted by atomic mass is 16.4. The van der Waals surface area contributed by atoms with E-state index in [4.69, 9.17) is 5.11 Å². The van der Waals surface area contributed by atoms with Gasteiger partial charge in [-0.05, 0) is 24.5 Å². The molecule has 0 spiro atoms. The van der Waals surface area contributed by atoms with E-state index in [0.29, 0.717) is 18.8 Å². The zero-order valence-corrected chi connectivity index (χ0v) is 11.8. The summed E-state index contributed by atoms with van der Waals surface area (Å²) in [6.45, 7) is 8.38. The Morgan fingerprint density at radius 1 is 1.32 bits per heavy atom. The van der Waals surface area contributed by atoms with Crippen molar-refractivity contribution in [3.8, 4) is 0 Å². The van der Waals surface area contributed by atoms with E-state index in [0.717, 1.165) is 0 Å². The number of carboxylic acid groups (broad SMARTS) is 1.